The van der Waals surface area contributed by atoms with Crippen LogP contribution in [0.1, 0.15) is 79.6 Å². The van der Waals surface area contributed by atoms with E-state index in [1.54, 1.807) is 0 Å². The standard InChI is InChI=1S/C20H37N3O5/c1-6-8-10-14(7-2)13-27-19(26)28-22-17(21)15-11-9-12-16(15)23(18(24)25)20(3,4)5/h14-16H,6-13H2,1-5H3,(H2,21,22)(H,24,25)/t14?,15-,16+/m1/s1. The number of amides is 1. The first-order chi connectivity index (χ1) is 13.1. The van der Waals surface area contributed by atoms with Gasteiger partial charge in [-0.3, -0.25) is 9.74 Å². The number of rotatable bonds is 9. The zero-order valence-corrected chi connectivity index (χ0v) is 17.9. The Labute approximate surface area is 168 Å². The van der Waals surface area contributed by atoms with Crippen molar-refractivity contribution in [2.75, 3.05) is 6.61 Å². The van der Waals surface area contributed by atoms with Crippen LogP contribution in [-0.2, 0) is 9.57 Å². The Balaban J connectivity index is 2.66. The lowest BCUT2D eigenvalue weighted by Gasteiger charge is -2.40. The summed E-state index contributed by atoms with van der Waals surface area (Å²) in [6.45, 7) is 10.0. The van der Waals surface area contributed by atoms with Crippen LogP contribution in [0.2, 0.25) is 0 Å². The number of nitrogens with two attached hydrogens (primary N) is 1. The minimum Gasteiger partial charge on any atom is -0.465 e. The van der Waals surface area contributed by atoms with Gasteiger partial charge in [-0.05, 0) is 46.0 Å². The third-order valence-electron chi connectivity index (χ3n) is 5.33. The lowest BCUT2D eigenvalue weighted by atomic mass is 9.96. The van der Waals surface area contributed by atoms with Gasteiger partial charge in [0, 0.05) is 17.5 Å². The van der Waals surface area contributed by atoms with Crippen LogP contribution in [0.5, 0.6) is 0 Å². The first-order valence-corrected chi connectivity index (χ1v) is 10.3. The van der Waals surface area contributed by atoms with E-state index in [1.165, 1.54) is 4.90 Å². The van der Waals surface area contributed by atoms with Crippen molar-refractivity contribution in [3.63, 3.8) is 0 Å². The van der Waals surface area contributed by atoms with E-state index < -0.39 is 17.8 Å². The molecule has 0 aromatic heterocycles. The number of unbranched alkanes of at least 4 members (excludes halogenated alkanes) is 1. The van der Waals surface area contributed by atoms with Crippen LogP contribution in [0, 0.1) is 11.8 Å². The monoisotopic (exact) mass is 399 g/mol. The van der Waals surface area contributed by atoms with Gasteiger partial charge in [-0.1, -0.05) is 44.7 Å². The van der Waals surface area contributed by atoms with Gasteiger partial charge in [-0.25, -0.2) is 9.59 Å². The van der Waals surface area contributed by atoms with Crippen LogP contribution in [0.25, 0.3) is 0 Å². The number of carbonyl (C=O) groups excluding carboxylic acids is 1. The van der Waals surface area contributed by atoms with Gasteiger partial charge >= 0.3 is 12.2 Å². The Morgan fingerprint density at radius 3 is 2.50 bits per heavy atom. The van der Waals surface area contributed by atoms with Gasteiger partial charge in [-0.15, -0.1) is 0 Å². The number of amidine groups is 1. The molecule has 0 aromatic carbocycles. The summed E-state index contributed by atoms with van der Waals surface area (Å²) in [5.41, 5.74) is 5.48. The van der Waals surface area contributed by atoms with Crippen molar-refractivity contribution in [1.29, 1.82) is 0 Å². The molecular formula is C20H37N3O5. The Kier molecular flexibility index (Phi) is 9.55. The average Bonchev–Trinajstić information content (AvgIpc) is 3.07. The highest BCUT2D eigenvalue weighted by Crippen LogP contribution is 2.34. The molecule has 3 atom stereocenters. The highest BCUT2D eigenvalue weighted by Gasteiger charge is 2.42. The zero-order valence-electron chi connectivity index (χ0n) is 17.9. The summed E-state index contributed by atoms with van der Waals surface area (Å²) in [6, 6.07) is -0.292. The van der Waals surface area contributed by atoms with Gasteiger partial charge < -0.3 is 15.6 Å². The lowest BCUT2D eigenvalue weighted by Crippen LogP contribution is -2.54. The molecule has 8 nitrogen and oxygen atoms in total. The average molecular weight is 400 g/mol. The molecule has 0 aliphatic heterocycles. The normalized spacial score (nSPS) is 21.2. The molecule has 0 saturated heterocycles. The quantitative estimate of drug-likeness (QED) is 0.193. The van der Waals surface area contributed by atoms with E-state index in [4.69, 9.17) is 15.3 Å². The lowest BCUT2D eigenvalue weighted by molar-refractivity contribution is 0.0423. The van der Waals surface area contributed by atoms with E-state index >= 15 is 0 Å². The van der Waals surface area contributed by atoms with Crippen molar-refractivity contribution in [1.82, 2.24) is 4.90 Å². The zero-order chi connectivity index (χ0) is 21.3. The maximum atomic E-state index is 11.8. The van der Waals surface area contributed by atoms with E-state index in [-0.39, 0.29) is 17.8 Å². The Bertz CT molecular complexity index is 544. The molecule has 28 heavy (non-hydrogen) atoms. The van der Waals surface area contributed by atoms with Crippen LogP contribution in [0.4, 0.5) is 9.59 Å². The van der Waals surface area contributed by atoms with Crippen LogP contribution in [0.3, 0.4) is 0 Å². The third-order valence-corrected chi connectivity index (χ3v) is 5.33. The number of nitrogens with zero attached hydrogens (tertiary/aromatic N) is 2. The number of hydrogen-bond acceptors (Lipinski definition) is 5. The fraction of sp³-hybridized carbons (Fsp3) is 0.850. The fourth-order valence-corrected chi connectivity index (χ4v) is 3.79. The SMILES string of the molecule is CCCCC(CC)COC(=O)ON=C(N)[C@@H]1CCC[C@@H]1N(C(=O)O)C(C)(C)C. The van der Waals surface area contributed by atoms with E-state index in [0.29, 0.717) is 25.4 Å². The fourth-order valence-electron chi connectivity index (χ4n) is 3.79. The van der Waals surface area contributed by atoms with Gasteiger partial charge in [0.05, 0.1) is 6.61 Å². The minimum absolute atomic E-state index is 0.132. The van der Waals surface area contributed by atoms with Crippen LogP contribution >= 0.6 is 0 Å². The summed E-state index contributed by atoms with van der Waals surface area (Å²) in [5.74, 6) is 0.160. The molecule has 162 valence electrons. The molecule has 1 fully saturated rings. The molecule has 0 radical (unpaired) electrons. The number of carboxylic acid groups (broad SMARTS) is 1. The Morgan fingerprint density at radius 1 is 1.29 bits per heavy atom. The predicted octanol–water partition coefficient (Wildman–Crippen LogP) is 4.58. The highest BCUT2D eigenvalue weighted by molar-refractivity contribution is 5.84. The molecule has 0 spiro atoms. The van der Waals surface area contributed by atoms with E-state index in [2.05, 4.69) is 19.0 Å². The van der Waals surface area contributed by atoms with Gasteiger partial charge in [0.2, 0.25) is 0 Å². The molecule has 1 rings (SSSR count). The molecule has 8 heteroatoms. The summed E-state index contributed by atoms with van der Waals surface area (Å²) in [5, 5.41) is 13.4. The van der Waals surface area contributed by atoms with Crippen molar-refractivity contribution < 1.29 is 24.3 Å². The summed E-state index contributed by atoms with van der Waals surface area (Å²) in [4.78, 5) is 29.8. The maximum absolute atomic E-state index is 11.8. The molecule has 3 N–H and O–H groups in total. The van der Waals surface area contributed by atoms with E-state index in [0.717, 1.165) is 32.1 Å². The second-order valence-corrected chi connectivity index (χ2v) is 8.51. The van der Waals surface area contributed by atoms with Crippen LogP contribution < -0.4 is 5.73 Å². The first-order valence-electron chi connectivity index (χ1n) is 10.3. The van der Waals surface area contributed by atoms with Crippen LogP contribution in [-0.4, -0.2) is 46.3 Å². The van der Waals surface area contributed by atoms with Crippen molar-refractivity contribution in [3.05, 3.63) is 0 Å². The summed E-state index contributed by atoms with van der Waals surface area (Å²) >= 11 is 0. The summed E-state index contributed by atoms with van der Waals surface area (Å²) in [6.07, 6.45) is 4.51. The molecule has 0 heterocycles. The second kappa shape index (κ2) is 11.1. The van der Waals surface area contributed by atoms with Crippen LogP contribution in [0.15, 0.2) is 5.16 Å². The largest absolute Gasteiger partial charge is 0.535 e. The van der Waals surface area contributed by atoms with Gasteiger partial charge in [0.15, 0.2) is 0 Å². The van der Waals surface area contributed by atoms with Crippen molar-refractivity contribution in [2.45, 2.75) is 91.1 Å². The van der Waals surface area contributed by atoms with Crippen molar-refractivity contribution in [2.24, 2.45) is 22.7 Å². The number of hydrogen-bond donors (Lipinski definition) is 2. The Hall–Kier alpha value is -1.99. The van der Waals surface area contributed by atoms with Crippen molar-refractivity contribution in [3.8, 4) is 0 Å². The summed E-state index contributed by atoms with van der Waals surface area (Å²) in [7, 11) is 0. The van der Waals surface area contributed by atoms with Gasteiger partial charge in [-0.2, -0.15) is 0 Å². The van der Waals surface area contributed by atoms with E-state index in [1.807, 2.05) is 20.8 Å². The predicted molar refractivity (Wildman–Crippen MR) is 108 cm³/mol. The number of oxime groups is 1. The third kappa shape index (κ3) is 7.20. The molecular weight excluding hydrogens is 362 g/mol. The highest BCUT2D eigenvalue weighted by atomic mass is 16.8. The molecule has 0 aromatic rings. The molecule has 1 unspecified atom stereocenters. The molecule has 1 aliphatic carbocycles. The van der Waals surface area contributed by atoms with Crippen molar-refractivity contribution >= 4 is 18.1 Å². The second-order valence-electron chi connectivity index (χ2n) is 8.51. The smallest absolute Gasteiger partial charge is 0.465 e. The number of carbonyl (C=O) groups is 2. The summed E-state index contributed by atoms with van der Waals surface area (Å²) < 4.78 is 5.14. The van der Waals surface area contributed by atoms with Gasteiger partial charge in [0.1, 0.15) is 5.84 Å². The molecule has 1 saturated carbocycles. The molecule has 1 amide bonds. The Morgan fingerprint density at radius 2 is 1.96 bits per heavy atom. The maximum Gasteiger partial charge on any atom is 0.535 e. The van der Waals surface area contributed by atoms with E-state index in [9.17, 15) is 14.7 Å². The minimum atomic E-state index is -0.991. The first kappa shape index (κ1) is 24.0. The van der Waals surface area contributed by atoms with Gasteiger partial charge in [0.25, 0.3) is 0 Å². The topological polar surface area (TPSA) is 114 Å². The molecule has 0 bridgehead atoms. The number of ether oxygens (including phenoxy) is 1. The molecule has 1 aliphatic rings.